The second-order valence-electron chi connectivity index (χ2n) is 5.47. The van der Waals surface area contributed by atoms with Crippen molar-refractivity contribution < 1.29 is 0 Å². The van der Waals surface area contributed by atoms with E-state index < -0.39 is 0 Å². The molecule has 1 aliphatic rings. The number of benzene rings is 1. The minimum atomic E-state index is 0.235. The molecule has 2 N–H and O–H groups in total. The largest absolute Gasteiger partial charge is 0.374 e. The van der Waals surface area contributed by atoms with E-state index in [-0.39, 0.29) is 6.04 Å². The summed E-state index contributed by atoms with van der Waals surface area (Å²) in [4.78, 5) is 2.33. The molecule has 1 aromatic rings. The molecule has 2 nitrogen and oxygen atoms in total. The Hall–Kier alpha value is -0.730. The van der Waals surface area contributed by atoms with E-state index >= 15 is 0 Å². The zero-order chi connectivity index (χ0) is 13.1. The van der Waals surface area contributed by atoms with E-state index in [1.807, 2.05) is 6.07 Å². The van der Waals surface area contributed by atoms with Crippen LogP contribution in [0.5, 0.6) is 0 Å². The van der Waals surface area contributed by atoms with Gasteiger partial charge in [-0.15, -0.1) is 0 Å². The van der Waals surface area contributed by atoms with Crippen LogP contribution in [-0.2, 0) is 6.42 Å². The van der Waals surface area contributed by atoms with Crippen LogP contribution in [0.25, 0.3) is 0 Å². The number of nitrogens with two attached hydrogens (primary N) is 1. The van der Waals surface area contributed by atoms with Gasteiger partial charge in [-0.05, 0) is 49.3 Å². The summed E-state index contributed by atoms with van der Waals surface area (Å²) in [5, 5.41) is 0.807. The summed E-state index contributed by atoms with van der Waals surface area (Å²) >= 11 is 6.13. The van der Waals surface area contributed by atoms with Crippen molar-refractivity contribution in [1.82, 2.24) is 0 Å². The third-order valence-electron chi connectivity index (χ3n) is 3.69. The Balaban J connectivity index is 2.15. The van der Waals surface area contributed by atoms with Crippen LogP contribution in [0.2, 0.25) is 5.02 Å². The Labute approximate surface area is 115 Å². The number of anilines is 1. The summed E-state index contributed by atoms with van der Waals surface area (Å²) in [5.74, 6) is 0.877. The van der Waals surface area contributed by atoms with Gasteiger partial charge in [0.15, 0.2) is 0 Å². The van der Waals surface area contributed by atoms with E-state index in [4.69, 9.17) is 17.3 Å². The number of halogens is 1. The average Bonchev–Trinajstić information content (AvgIpc) is 3.15. The maximum absolute atomic E-state index is 6.13. The highest BCUT2D eigenvalue weighted by Crippen LogP contribution is 2.33. The van der Waals surface area contributed by atoms with Gasteiger partial charge < -0.3 is 10.6 Å². The Morgan fingerprint density at radius 1 is 1.44 bits per heavy atom. The molecular weight excluding hydrogens is 244 g/mol. The molecule has 2 rings (SSSR count). The lowest BCUT2D eigenvalue weighted by molar-refractivity contribution is 0.644. The van der Waals surface area contributed by atoms with Crippen LogP contribution in [0.15, 0.2) is 18.2 Å². The highest BCUT2D eigenvalue weighted by Gasteiger charge is 2.24. The first-order chi connectivity index (χ1) is 8.60. The molecule has 1 aromatic carbocycles. The van der Waals surface area contributed by atoms with Crippen molar-refractivity contribution in [2.75, 3.05) is 18.5 Å². The highest BCUT2D eigenvalue weighted by atomic mass is 35.5. The van der Waals surface area contributed by atoms with Gasteiger partial charge in [0.25, 0.3) is 0 Å². The molecule has 0 aromatic heterocycles. The average molecular weight is 267 g/mol. The van der Waals surface area contributed by atoms with Crippen LogP contribution in [0.1, 0.15) is 31.7 Å². The Morgan fingerprint density at radius 3 is 2.78 bits per heavy atom. The second kappa shape index (κ2) is 5.94. The first-order valence-corrected chi connectivity index (χ1v) is 7.23. The van der Waals surface area contributed by atoms with E-state index in [0.29, 0.717) is 0 Å². The van der Waals surface area contributed by atoms with E-state index in [1.165, 1.54) is 24.1 Å². The zero-order valence-corrected chi connectivity index (χ0v) is 12.1. The highest BCUT2D eigenvalue weighted by molar-refractivity contribution is 6.30. The number of nitrogens with zero attached hydrogens (tertiary/aromatic N) is 1. The van der Waals surface area contributed by atoms with Gasteiger partial charge in [0.05, 0.1) is 0 Å². The number of hydrogen-bond donors (Lipinski definition) is 1. The van der Waals surface area contributed by atoms with Gasteiger partial charge in [0.1, 0.15) is 0 Å². The van der Waals surface area contributed by atoms with Crippen molar-refractivity contribution in [3.8, 4) is 0 Å². The normalized spacial score (nSPS) is 16.7. The fourth-order valence-electron chi connectivity index (χ4n) is 2.28. The summed E-state index contributed by atoms with van der Waals surface area (Å²) in [5.41, 5.74) is 8.64. The zero-order valence-electron chi connectivity index (χ0n) is 11.3. The van der Waals surface area contributed by atoms with E-state index in [9.17, 15) is 0 Å². The number of hydrogen-bond acceptors (Lipinski definition) is 2. The lowest BCUT2D eigenvalue weighted by Gasteiger charge is -2.24. The lowest BCUT2D eigenvalue weighted by Crippen LogP contribution is -2.25. The molecule has 0 bridgehead atoms. The van der Waals surface area contributed by atoms with Crippen molar-refractivity contribution in [1.29, 1.82) is 0 Å². The molecule has 1 atom stereocenters. The minimum Gasteiger partial charge on any atom is -0.374 e. The van der Waals surface area contributed by atoms with Crippen molar-refractivity contribution in [3.63, 3.8) is 0 Å². The molecular formula is C15H23ClN2. The van der Waals surface area contributed by atoms with Gasteiger partial charge in [-0.25, -0.2) is 0 Å². The Kier molecular flexibility index (Phi) is 4.52. The van der Waals surface area contributed by atoms with Gasteiger partial charge in [-0.2, -0.15) is 0 Å². The first kappa shape index (κ1) is 13.7. The predicted molar refractivity (Wildman–Crippen MR) is 79.4 cm³/mol. The summed E-state index contributed by atoms with van der Waals surface area (Å²) in [6, 6.07) is 6.39. The van der Waals surface area contributed by atoms with Gasteiger partial charge in [-0.1, -0.05) is 24.6 Å². The molecule has 18 heavy (non-hydrogen) atoms. The van der Waals surface area contributed by atoms with Crippen LogP contribution in [0.4, 0.5) is 5.69 Å². The monoisotopic (exact) mass is 266 g/mol. The Morgan fingerprint density at radius 2 is 2.17 bits per heavy atom. The predicted octanol–water partition coefficient (Wildman–Crippen LogP) is 3.47. The van der Waals surface area contributed by atoms with Crippen molar-refractivity contribution in [3.05, 3.63) is 28.8 Å². The maximum Gasteiger partial charge on any atom is 0.0426 e. The van der Waals surface area contributed by atoms with Crippen LogP contribution in [0, 0.1) is 5.92 Å². The molecule has 1 fully saturated rings. The van der Waals surface area contributed by atoms with Crippen LogP contribution >= 0.6 is 11.6 Å². The van der Waals surface area contributed by atoms with Crippen molar-refractivity contribution >= 4 is 17.3 Å². The van der Waals surface area contributed by atoms with E-state index in [1.54, 1.807) is 0 Å². The molecule has 0 saturated heterocycles. The third-order valence-corrected chi connectivity index (χ3v) is 3.93. The summed E-state index contributed by atoms with van der Waals surface area (Å²) in [6.45, 7) is 3.27. The van der Waals surface area contributed by atoms with E-state index in [0.717, 1.165) is 30.3 Å². The van der Waals surface area contributed by atoms with Crippen LogP contribution < -0.4 is 10.6 Å². The molecule has 0 spiro atoms. The molecule has 0 radical (unpaired) electrons. The Bertz CT molecular complexity index is 401. The molecule has 0 aliphatic heterocycles. The fraction of sp³-hybridized carbons (Fsp3) is 0.600. The lowest BCUT2D eigenvalue weighted by atomic mass is 10.0. The summed E-state index contributed by atoms with van der Waals surface area (Å²) < 4.78 is 0. The minimum absolute atomic E-state index is 0.235. The first-order valence-electron chi connectivity index (χ1n) is 6.85. The molecule has 1 saturated carbocycles. The molecule has 0 heterocycles. The van der Waals surface area contributed by atoms with Gasteiger partial charge >= 0.3 is 0 Å². The fourth-order valence-corrected chi connectivity index (χ4v) is 2.44. The van der Waals surface area contributed by atoms with Crippen molar-refractivity contribution in [2.24, 2.45) is 11.7 Å². The molecule has 100 valence electrons. The smallest absolute Gasteiger partial charge is 0.0426 e. The van der Waals surface area contributed by atoms with Gasteiger partial charge in [-0.3, -0.25) is 0 Å². The standard InChI is InChI=1S/C15H23ClN2/c1-3-14(17)8-12-6-7-13(16)9-15(12)18(2)10-11-4-5-11/h6-7,9,11,14H,3-5,8,10,17H2,1-2H3. The van der Waals surface area contributed by atoms with Gasteiger partial charge in [0.2, 0.25) is 0 Å². The van der Waals surface area contributed by atoms with Gasteiger partial charge in [0, 0.05) is 30.3 Å². The molecule has 3 heteroatoms. The third kappa shape index (κ3) is 3.63. The maximum atomic E-state index is 6.13. The summed E-state index contributed by atoms with van der Waals surface area (Å²) in [6.07, 6.45) is 4.68. The quantitative estimate of drug-likeness (QED) is 0.854. The topological polar surface area (TPSA) is 29.3 Å². The SMILES string of the molecule is CCC(N)Cc1ccc(Cl)cc1N(C)CC1CC1. The second-order valence-corrected chi connectivity index (χ2v) is 5.91. The summed E-state index contributed by atoms with van der Waals surface area (Å²) in [7, 11) is 2.16. The molecule has 1 aliphatic carbocycles. The van der Waals surface area contributed by atoms with Crippen LogP contribution in [0.3, 0.4) is 0 Å². The number of rotatable bonds is 6. The van der Waals surface area contributed by atoms with Crippen molar-refractivity contribution in [2.45, 2.75) is 38.6 Å². The molecule has 1 unspecified atom stereocenters. The molecule has 0 amide bonds. The van der Waals surface area contributed by atoms with E-state index in [2.05, 4.69) is 31.0 Å². The van der Waals surface area contributed by atoms with Crippen LogP contribution in [-0.4, -0.2) is 19.6 Å².